The SMILES string of the molecule is C=CCN(CCO)CC(C)CNC(C)C. The van der Waals surface area contributed by atoms with Crippen molar-refractivity contribution in [2.45, 2.75) is 26.8 Å². The van der Waals surface area contributed by atoms with Gasteiger partial charge in [0.1, 0.15) is 0 Å². The summed E-state index contributed by atoms with van der Waals surface area (Å²) in [5.74, 6) is 0.596. The molecule has 3 heteroatoms. The molecule has 0 spiro atoms. The third kappa shape index (κ3) is 8.60. The summed E-state index contributed by atoms with van der Waals surface area (Å²) in [7, 11) is 0. The molecule has 2 N–H and O–H groups in total. The van der Waals surface area contributed by atoms with Gasteiger partial charge in [0.15, 0.2) is 0 Å². The van der Waals surface area contributed by atoms with Crippen molar-refractivity contribution in [2.24, 2.45) is 5.92 Å². The average molecular weight is 214 g/mol. The van der Waals surface area contributed by atoms with Crippen LogP contribution in [0.1, 0.15) is 20.8 Å². The van der Waals surface area contributed by atoms with Gasteiger partial charge in [-0.2, -0.15) is 0 Å². The zero-order valence-corrected chi connectivity index (χ0v) is 10.4. The number of hydrogen-bond acceptors (Lipinski definition) is 3. The molecule has 0 radical (unpaired) electrons. The predicted molar refractivity (Wildman–Crippen MR) is 66.0 cm³/mol. The molecular formula is C12H26N2O. The summed E-state index contributed by atoms with van der Waals surface area (Å²) in [6.07, 6.45) is 1.89. The fourth-order valence-electron chi connectivity index (χ4n) is 1.52. The van der Waals surface area contributed by atoms with Crippen molar-refractivity contribution in [3.63, 3.8) is 0 Å². The van der Waals surface area contributed by atoms with Gasteiger partial charge in [-0.15, -0.1) is 6.58 Å². The predicted octanol–water partition coefficient (Wildman–Crippen LogP) is 1.10. The molecule has 0 aliphatic rings. The fraction of sp³-hybridized carbons (Fsp3) is 0.833. The van der Waals surface area contributed by atoms with Gasteiger partial charge in [0.2, 0.25) is 0 Å². The van der Waals surface area contributed by atoms with Gasteiger partial charge in [-0.1, -0.05) is 26.8 Å². The summed E-state index contributed by atoms with van der Waals surface area (Å²) < 4.78 is 0. The molecule has 0 aromatic heterocycles. The monoisotopic (exact) mass is 214 g/mol. The van der Waals surface area contributed by atoms with E-state index in [0.717, 1.165) is 26.2 Å². The van der Waals surface area contributed by atoms with Gasteiger partial charge in [-0.25, -0.2) is 0 Å². The van der Waals surface area contributed by atoms with E-state index >= 15 is 0 Å². The molecule has 3 nitrogen and oxygen atoms in total. The van der Waals surface area contributed by atoms with Gasteiger partial charge in [-0.3, -0.25) is 4.90 Å². The van der Waals surface area contributed by atoms with Gasteiger partial charge < -0.3 is 10.4 Å². The van der Waals surface area contributed by atoms with Crippen LogP contribution in [0, 0.1) is 5.92 Å². The molecule has 0 saturated carbocycles. The Morgan fingerprint density at radius 2 is 2.07 bits per heavy atom. The van der Waals surface area contributed by atoms with Gasteiger partial charge in [0.05, 0.1) is 6.61 Å². The van der Waals surface area contributed by atoms with Crippen molar-refractivity contribution < 1.29 is 5.11 Å². The van der Waals surface area contributed by atoms with E-state index in [4.69, 9.17) is 5.11 Å². The van der Waals surface area contributed by atoms with Crippen LogP contribution >= 0.6 is 0 Å². The number of hydrogen-bond donors (Lipinski definition) is 2. The second-order valence-corrected chi connectivity index (χ2v) is 4.44. The van der Waals surface area contributed by atoms with Crippen molar-refractivity contribution in [1.29, 1.82) is 0 Å². The Morgan fingerprint density at radius 1 is 1.40 bits per heavy atom. The largest absolute Gasteiger partial charge is 0.395 e. The lowest BCUT2D eigenvalue weighted by atomic mass is 10.1. The van der Waals surface area contributed by atoms with E-state index in [1.807, 2.05) is 6.08 Å². The molecule has 0 aliphatic heterocycles. The Morgan fingerprint density at radius 3 is 2.53 bits per heavy atom. The maximum atomic E-state index is 8.90. The lowest BCUT2D eigenvalue weighted by Crippen LogP contribution is -2.36. The summed E-state index contributed by atoms with van der Waals surface area (Å²) in [4.78, 5) is 2.22. The van der Waals surface area contributed by atoms with Crippen molar-refractivity contribution in [3.05, 3.63) is 12.7 Å². The molecule has 15 heavy (non-hydrogen) atoms. The van der Waals surface area contributed by atoms with Crippen molar-refractivity contribution in [2.75, 3.05) is 32.8 Å². The van der Waals surface area contributed by atoms with Crippen molar-refractivity contribution in [3.8, 4) is 0 Å². The highest BCUT2D eigenvalue weighted by Gasteiger charge is 2.08. The van der Waals surface area contributed by atoms with Crippen LogP contribution in [0.15, 0.2) is 12.7 Å². The van der Waals surface area contributed by atoms with Gasteiger partial charge in [-0.05, 0) is 12.5 Å². The lowest BCUT2D eigenvalue weighted by molar-refractivity contribution is 0.189. The highest BCUT2D eigenvalue weighted by Crippen LogP contribution is 1.99. The van der Waals surface area contributed by atoms with Crippen LogP contribution < -0.4 is 5.32 Å². The number of nitrogens with zero attached hydrogens (tertiary/aromatic N) is 1. The van der Waals surface area contributed by atoms with Gasteiger partial charge >= 0.3 is 0 Å². The minimum atomic E-state index is 0.220. The van der Waals surface area contributed by atoms with E-state index in [0.29, 0.717) is 12.0 Å². The first kappa shape index (κ1) is 14.6. The smallest absolute Gasteiger partial charge is 0.0558 e. The summed E-state index contributed by atoms with van der Waals surface area (Å²) in [6, 6.07) is 0.540. The Bertz CT molecular complexity index is 160. The number of nitrogens with one attached hydrogen (secondary N) is 1. The summed E-state index contributed by atoms with van der Waals surface area (Å²) in [5.41, 5.74) is 0. The molecule has 0 heterocycles. The molecular weight excluding hydrogens is 188 g/mol. The maximum Gasteiger partial charge on any atom is 0.0558 e. The zero-order valence-electron chi connectivity index (χ0n) is 10.4. The van der Waals surface area contributed by atoms with Gasteiger partial charge in [0.25, 0.3) is 0 Å². The highest BCUT2D eigenvalue weighted by atomic mass is 16.3. The minimum absolute atomic E-state index is 0.220. The second-order valence-electron chi connectivity index (χ2n) is 4.44. The average Bonchev–Trinajstić information content (AvgIpc) is 2.15. The van der Waals surface area contributed by atoms with E-state index in [-0.39, 0.29) is 6.61 Å². The highest BCUT2D eigenvalue weighted by molar-refractivity contribution is 4.75. The topological polar surface area (TPSA) is 35.5 Å². The molecule has 0 rings (SSSR count). The number of rotatable bonds is 9. The Labute approximate surface area is 94.2 Å². The zero-order chi connectivity index (χ0) is 11.7. The van der Waals surface area contributed by atoms with Crippen LogP contribution in [0.5, 0.6) is 0 Å². The molecule has 0 aromatic rings. The van der Waals surface area contributed by atoms with Crippen LogP contribution in [-0.2, 0) is 0 Å². The standard InChI is InChI=1S/C12H26N2O/c1-5-6-14(7-8-15)10-12(4)9-13-11(2)3/h5,11-13,15H,1,6-10H2,2-4H3. The first-order valence-corrected chi connectivity index (χ1v) is 5.77. The van der Waals surface area contributed by atoms with E-state index < -0.39 is 0 Å². The van der Waals surface area contributed by atoms with E-state index in [1.54, 1.807) is 0 Å². The number of aliphatic hydroxyl groups excluding tert-OH is 1. The van der Waals surface area contributed by atoms with E-state index in [1.165, 1.54) is 0 Å². The third-order valence-corrected chi connectivity index (χ3v) is 2.25. The molecule has 0 aliphatic carbocycles. The number of aliphatic hydroxyl groups is 1. The summed E-state index contributed by atoms with van der Waals surface area (Å²) >= 11 is 0. The Balaban J connectivity index is 3.76. The Kier molecular flexibility index (Phi) is 8.67. The molecule has 0 fully saturated rings. The van der Waals surface area contributed by atoms with E-state index in [2.05, 4.69) is 37.6 Å². The van der Waals surface area contributed by atoms with Crippen LogP contribution in [0.3, 0.4) is 0 Å². The van der Waals surface area contributed by atoms with Crippen molar-refractivity contribution >= 4 is 0 Å². The molecule has 90 valence electrons. The third-order valence-electron chi connectivity index (χ3n) is 2.25. The first-order valence-electron chi connectivity index (χ1n) is 5.77. The quantitative estimate of drug-likeness (QED) is 0.564. The van der Waals surface area contributed by atoms with Crippen LogP contribution in [0.25, 0.3) is 0 Å². The fourth-order valence-corrected chi connectivity index (χ4v) is 1.52. The van der Waals surface area contributed by atoms with Gasteiger partial charge in [0, 0.05) is 25.7 Å². The van der Waals surface area contributed by atoms with Crippen LogP contribution in [-0.4, -0.2) is 48.8 Å². The molecule has 0 amide bonds. The second kappa shape index (κ2) is 8.89. The minimum Gasteiger partial charge on any atom is -0.395 e. The van der Waals surface area contributed by atoms with E-state index in [9.17, 15) is 0 Å². The summed E-state index contributed by atoms with van der Waals surface area (Å²) in [5, 5.41) is 12.3. The molecule has 0 bridgehead atoms. The van der Waals surface area contributed by atoms with Crippen LogP contribution in [0.4, 0.5) is 0 Å². The molecule has 0 aromatic carbocycles. The Hall–Kier alpha value is -0.380. The van der Waals surface area contributed by atoms with Crippen molar-refractivity contribution in [1.82, 2.24) is 10.2 Å². The lowest BCUT2D eigenvalue weighted by Gasteiger charge is -2.24. The van der Waals surface area contributed by atoms with Crippen LogP contribution in [0.2, 0.25) is 0 Å². The first-order chi connectivity index (χ1) is 7.10. The normalized spacial score (nSPS) is 13.5. The maximum absolute atomic E-state index is 8.90. The summed E-state index contributed by atoms with van der Waals surface area (Å²) in [6.45, 7) is 14.1. The molecule has 1 unspecified atom stereocenters. The molecule has 0 saturated heterocycles. The molecule has 1 atom stereocenters.